The number of hydrogen-bond acceptors (Lipinski definition) is 4. The fraction of sp³-hybridized carbons (Fsp3) is 0.316. The van der Waals surface area contributed by atoms with Crippen LogP contribution in [-0.2, 0) is 14.6 Å². The minimum Gasteiger partial charge on any atom is -0.395 e. The number of aliphatic hydroxyl groups is 1. The summed E-state index contributed by atoms with van der Waals surface area (Å²) in [5.41, 5.74) is 0.718. The summed E-state index contributed by atoms with van der Waals surface area (Å²) in [6, 6.07) is 13.2. The quantitative estimate of drug-likeness (QED) is 0.838. The molecule has 1 heterocycles. The molecule has 0 aliphatic carbocycles. The normalized spacial score (nSPS) is 18.5. The highest BCUT2D eigenvalue weighted by atomic mass is 32.2. The van der Waals surface area contributed by atoms with Gasteiger partial charge in [-0.3, -0.25) is 4.79 Å². The number of fused-ring (bicyclic) bond motifs is 1. The van der Waals surface area contributed by atoms with Crippen molar-refractivity contribution in [1.82, 2.24) is 4.90 Å². The number of hydrogen-bond donors (Lipinski definition) is 1. The van der Waals surface area contributed by atoms with E-state index in [4.69, 9.17) is 0 Å². The summed E-state index contributed by atoms with van der Waals surface area (Å²) in [5, 5.41) is 11.3. The average Bonchev–Trinajstić information content (AvgIpc) is 2.97. The van der Waals surface area contributed by atoms with Crippen molar-refractivity contribution < 1.29 is 18.3 Å². The second kappa shape index (κ2) is 7.26. The average molecular weight is 357 g/mol. The molecule has 25 heavy (non-hydrogen) atoms. The van der Waals surface area contributed by atoms with Gasteiger partial charge >= 0.3 is 0 Å². The molecule has 3 rings (SSSR count). The van der Waals surface area contributed by atoms with Gasteiger partial charge in [0.2, 0.25) is 0 Å². The van der Waals surface area contributed by atoms with Crippen LogP contribution >= 0.6 is 0 Å². The minimum absolute atomic E-state index is 0.0591. The molecule has 1 amide bonds. The van der Waals surface area contributed by atoms with Crippen LogP contribution in [0.15, 0.2) is 42.5 Å². The van der Waals surface area contributed by atoms with Gasteiger partial charge in [0.15, 0.2) is 9.84 Å². The van der Waals surface area contributed by atoms with Crippen LogP contribution in [0.3, 0.4) is 0 Å². The van der Waals surface area contributed by atoms with Crippen molar-refractivity contribution in [3.8, 4) is 11.8 Å². The van der Waals surface area contributed by atoms with E-state index in [-0.39, 0.29) is 24.7 Å². The molecular weight excluding hydrogens is 338 g/mol. The molecule has 1 atom stereocenters. The van der Waals surface area contributed by atoms with Gasteiger partial charge in [-0.15, -0.1) is 0 Å². The highest BCUT2D eigenvalue weighted by Crippen LogP contribution is 2.18. The van der Waals surface area contributed by atoms with E-state index in [1.54, 1.807) is 0 Å². The second-order valence-electron chi connectivity index (χ2n) is 6.09. The first-order chi connectivity index (χ1) is 12.0. The number of nitrogens with zero attached hydrogens (tertiary/aromatic N) is 1. The summed E-state index contributed by atoms with van der Waals surface area (Å²) in [4.78, 5) is 13.8. The molecule has 1 aliphatic rings. The third-order valence-corrected chi connectivity index (χ3v) is 6.06. The van der Waals surface area contributed by atoms with Gasteiger partial charge in [0.25, 0.3) is 5.91 Å². The molecule has 1 fully saturated rings. The van der Waals surface area contributed by atoms with Crippen molar-refractivity contribution in [3.05, 3.63) is 48.0 Å². The lowest BCUT2D eigenvalue weighted by molar-refractivity contribution is -0.127. The summed E-state index contributed by atoms with van der Waals surface area (Å²) >= 11 is 0. The Morgan fingerprint density at radius 3 is 2.64 bits per heavy atom. The fourth-order valence-electron chi connectivity index (χ4n) is 3.04. The van der Waals surface area contributed by atoms with Crippen molar-refractivity contribution in [1.29, 1.82) is 0 Å². The van der Waals surface area contributed by atoms with Gasteiger partial charge < -0.3 is 10.0 Å². The van der Waals surface area contributed by atoms with Gasteiger partial charge in [0.05, 0.1) is 18.1 Å². The van der Waals surface area contributed by atoms with E-state index < -0.39 is 21.8 Å². The van der Waals surface area contributed by atoms with Gasteiger partial charge in [0, 0.05) is 24.1 Å². The van der Waals surface area contributed by atoms with Gasteiger partial charge in [-0.25, -0.2) is 8.42 Å². The van der Waals surface area contributed by atoms with E-state index in [1.807, 2.05) is 42.5 Å². The van der Waals surface area contributed by atoms with E-state index >= 15 is 0 Å². The van der Waals surface area contributed by atoms with Crippen molar-refractivity contribution in [3.63, 3.8) is 0 Å². The predicted molar refractivity (Wildman–Crippen MR) is 96.7 cm³/mol. The smallest absolute Gasteiger partial charge is 0.299 e. The van der Waals surface area contributed by atoms with Gasteiger partial charge in [0.1, 0.15) is 0 Å². The molecule has 2 aromatic rings. The Kier molecular flexibility index (Phi) is 5.07. The van der Waals surface area contributed by atoms with Crippen LogP contribution < -0.4 is 0 Å². The summed E-state index contributed by atoms with van der Waals surface area (Å²) < 4.78 is 23.3. The first-order valence-corrected chi connectivity index (χ1v) is 9.93. The Labute approximate surface area is 147 Å². The minimum atomic E-state index is -3.11. The number of carbonyl (C=O) groups excluding carboxylic acids is 1. The number of aliphatic hydroxyl groups excluding tert-OH is 1. The van der Waals surface area contributed by atoms with Gasteiger partial charge in [-0.1, -0.05) is 36.3 Å². The zero-order chi connectivity index (χ0) is 17.9. The van der Waals surface area contributed by atoms with Crippen molar-refractivity contribution >= 4 is 26.5 Å². The summed E-state index contributed by atoms with van der Waals surface area (Å²) in [6.07, 6.45) is 0.395. The number of carbonyl (C=O) groups is 1. The Morgan fingerprint density at radius 2 is 1.96 bits per heavy atom. The van der Waals surface area contributed by atoms with E-state index in [0.717, 1.165) is 16.3 Å². The molecule has 5 nitrogen and oxygen atoms in total. The first kappa shape index (κ1) is 17.5. The molecule has 0 aromatic heterocycles. The topological polar surface area (TPSA) is 74.7 Å². The van der Waals surface area contributed by atoms with Crippen LogP contribution in [0, 0.1) is 11.8 Å². The fourth-order valence-corrected chi connectivity index (χ4v) is 4.77. The Balaban J connectivity index is 1.80. The third-order valence-electron chi connectivity index (χ3n) is 4.31. The lowest BCUT2D eigenvalue weighted by Crippen LogP contribution is -2.42. The van der Waals surface area contributed by atoms with Crippen LogP contribution in [0.2, 0.25) is 0 Å². The molecule has 0 saturated carbocycles. The summed E-state index contributed by atoms with van der Waals surface area (Å²) in [5.74, 6) is 4.99. The lowest BCUT2D eigenvalue weighted by atomic mass is 10.1. The van der Waals surface area contributed by atoms with Crippen molar-refractivity contribution in [2.45, 2.75) is 12.5 Å². The number of sulfone groups is 1. The summed E-state index contributed by atoms with van der Waals surface area (Å²) in [6.45, 7) is -0.134. The standard InChI is InChI=1S/C19H19NO4S/c21-11-10-20(18-9-12-25(23,24)14-18)19(22)8-6-15-5-7-16-3-1-2-4-17(16)13-15/h1-5,7,13,18,21H,9-12,14H2. The highest BCUT2D eigenvalue weighted by Gasteiger charge is 2.33. The number of rotatable bonds is 3. The molecule has 6 heteroatoms. The Morgan fingerprint density at radius 1 is 1.20 bits per heavy atom. The molecule has 2 aromatic carbocycles. The molecule has 1 N–H and O–H groups in total. The maximum Gasteiger partial charge on any atom is 0.299 e. The molecule has 0 radical (unpaired) electrons. The van der Waals surface area contributed by atoms with Crippen molar-refractivity contribution in [2.75, 3.05) is 24.7 Å². The number of amides is 1. The Hall–Kier alpha value is -2.36. The third kappa shape index (κ3) is 4.19. The Bertz CT molecular complexity index is 956. The van der Waals surface area contributed by atoms with Crippen LogP contribution in [-0.4, -0.2) is 55.0 Å². The van der Waals surface area contributed by atoms with Gasteiger partial charge in [-0.2, -0.15) is 0 Å². The zero-order valence-corrected chi connectivity index (χ0v) is 14.5. The van der Waals surface area contributed by atoms with Crippen molar-refractivity contribution in [2.24, 2.45) is 0 Å². The molecule has 0 spiro atoms. The summed E-state index contributed by atoms with van der Waals surface area (Å²) in [7, 11) is -3.11. The van der Waals surface area contributed by atoms with Crippen LogP contribution in [0.25, 0.3) is 10.8 Å². The zero-order valence-electron chi connectivity index (χ0n) is 13.7. The van der Waals surface area contributed by atoms with Gasteiger partial charge in [-0.05, 0) is 29.3 Å². The maximum atomic E-state index is 12.4. The SMILES string of the molecule is O=C(C#Cc1ccc2ccccc2c1)N(CCO)C1CCS(=O)(=O)C1. The lowest BCUT2D eigenvalue weighted by Gasteiger charge is -2.25. The van der Waals surface area contributed by atoms with E-state index in [9.17, 15) is 18.3 Å². The molecule has 1 unspecified atom stereocenters. The highest BCUT2D eigenvalue weighted by molar-refractivity contribution is 7.91. The number of benzene rings is 2. The van der Waals surface area contributed by atoms with Crippen LogP contribution in [0.1, 0.15) is 12.0 Å². The molecule has 130 valence electrons. The largest absolute Gasteiger partial charge is 0.395 e. The van der Waals surface area contributed by atoms with Crippen LogP contribution in [0.4, 0.5) is 0 Å². The van der Waals surface area contributed by atoms with E-state index in [0.29, 0.717) is 6.42 Å². The van der Waals surface area contributed by atoms with E-state index in [2.05, 4.69) is 11.8 Å². The second-order valence-corrected chi connectivity index (χ2v) is 8.32. The maximum absolute atomic E-state index is 12.4. The molecule has 0 bridgehead atoms. The predicted octanol–water partition coefficient (Wildman–Crippen LogP) is 1.20. The monoisotopic (exact) mass is 357 g/mol. The molecular formula is C19H19NO4S. The van der Waals surface area contributed by atoms with Crippen LogP contribution in [0.5, 0.6) is 0 Å². The van der Waals surface area contributed by atoms with E-state index in [1.165, 1.54) is 4.90 Å². The molecule has 1 aliphatic heterocycles. The first-order valence-electron chi connectivity index (χ1n) is 8.11. The molecule has 1 saturated heterocycles.